The van der Waals surface area contributed by atoms with E-state index in [1.807, 2.05) is 12.4 Å². The van der Waals surface area contributed by atoms with Crippen molar-refractivity contribution in [3.05, 3.63) is 18.2 Å². The molecule has 4 nitrogen and oxygen atoms in total. The van der Waals surface area contributed by atoms with E-state index in [1.165, 1.54) is 0 Å². The Morgan fingerprint density at radius 2 is 2.11 bits per heavy atom. The molecule has 0 aliphatic heterocycles. The van der Waals surface area contributed by atoms with Gasteiger partial charge in [0.1, 0.15) is 5.82 Å². The van der Waals surface area contributed by atoms with Gasteiger partial charge in [-0.1, -0.05) is 20.8 Å². The van der Waals surface area contributed by atoms with Crippen LogP contribution in [0.1, 0.15) is 59.3 Å². The lowest BCUT2D eigenvalue weighted by Gasteiger charge is -2.34. The number of aryl methyl sites for hydroxylation is 1. The highest BCUT2D eigenvalue weighted by Gasteiger charge is 2.27. The molecule has 1 aromatic heterocycles. The summed E-state index contributed by atoms with van der Waals surface area (Å²) in [4.78, 5) is 4.42. The third-order valence-corrected chi connectivity index (χ3v) is 3.43. The van der Waals surface area contributed by atoms with E-state index in [2.05, 4.69) is 49.5 Å². The maximum absolute atomic E-state index is 9.67. The second kappa shape index (κ2) is 7.06. The molecule has 0 amide bonds. The van der Waals surface area contributed by atoms with Crippen LogP contribution in [-0.2, 0) is 6.42 Å². The fourth-order valence-electron chi connectivity index (χ4n) is 2.78. The normalized spacial score (nSPS) is 16.6. The maximum Gasteiger partial charge on any atom is 0.108 e. The highest BCUT2D eigenvalue weighted by molar-refractivity contribution is 4.97. The van der Waals surface area contributed by atoms with Gasteiger partial charge < -0.3 is 15.0 Å². The van der Waals surface area contributed by atoms with E-state index < -0.39 is 0 Å². The van der Waals surface area contributed by atoms with E-state index in [-0.39, 0.29) is 12.1 Å². The molecule has 110 valence electrons. The Bertz CT molecular complexity index is 375. The molecule has 0 saturated heterocycles. The van der Waals surface area contributed by atoms with E-state index in [9.17, 15) is 5.11 Å². The van der Waals surface area contributed by atoms with Crippen molar-refractivity contribution in [3.8, 4) is 0 Å². The minimum absolute atomic E-state index is 0.146. The fraction of sp³-hybridized carbons (Fsp3) is 0.800. The number of aromatic nitrogens is 2. The Kier molecular flexibility index (Phi) is 6.01. The summed E-state index contributed by atoms with van der Waals surface area (Å²) in [6, 6.07) is 0.690. The van der Waals surface area contributed by atoms with E-state index in [0.29, 0.717) is 12.1 Å². The van der Waals surface area contributed by atoms with Crippen molar-refractivity contribution in [2.45, 2.75) is 71.5 Å². The quantitative estimate of drug-likeness (QED) is 0.761. The average Bonchev–Trinajstić information content (AvgIpc) is 2.76. The lowest BCUT2D eigenvalue weighted by atomic mass is 9.93. The standard InChI is InChI=1S/C15H29N3O/c1-6-7-14-16-8-9-18(14)13(4)10-15(5,11-19)17-12(2)3/h8-9,12-13,17,19H,6-7,10-11H2,1-5H3. The van der Waals surface area contributed by atoms with Crippen molar-refractivity contribution in [1.29, 1.82) is 0 Å². The van der Waals surface area contributed by atoms with Crippen molar-refractivity contribution in [2.24, 2.45) is 0 Å². The first-order valence-corrected chi connectivity index (χ1v) is 7.32. The van der Waals surface area contributed by atoms with Gasteiger partial charge in [-0.2, -0.15) is 0 Å². The first kappa shape index (κ1) is 16.2. The van der Waals surface area contributed by atoms with Crippen LogP contribution in [0.5, 0.6) is 0 Å². The molecular formula is C15H29N3O. The molecular weight excluding hydrogens is 238 g/mol. The summed E-state index contributed by atoms with van der Waals surface area (Å²) >= 11 is 0. The van der Waals surface area contributed by atoms with Gasteiger partial charge in [0.15, 0.2) is 0 Å². The summed E-state index contributed by atoms with van der Waals surface area (Å²) in [5.41, 5.74) is -0.249. The molecule has 0 spiro atoms. The summed E-state index contributed by atoms with van der Waals surface area (Å²) < 4.78 is 2.24. The Morgan fingerprint density at radius 1 is 1.42 bits per heavy atom. The van der Waals surface area contributed by atoms with E-state index >= 15 is 0 Å². The van der Waals surface area contributed by atoms with Crippen LogP contribution in [-0.4, -0.2) is 32.8 Å². The molecule has 1 aromatic rings. The number of imidazole rings is 1. The largest absolute Gasteiger partial charge is 0.394 e. The van der Waals surface area contributed by atoms with Crippen molar-refractivity contribution < 1.29 is 5.11 Å². The molecule has 0 saturated carbocycles. The Hall–Kier alpha value is -0.870. The lowest BCUT2D eigenvalue weighted by molar-refractivity contribution is 0.142. The number of nitrogens with zero attached hydrogens (tertiary/aromatic N) is 2. The molecule has 19 heavy (non-hydrogen) atoms. The van der Waals surface area contributed by atoms with Gasteiger partial charge in [-0.05, 0) is 26.7 Å². The molecule has 0 bridgehead atoms. The minimum atomic E-state index is -0.249. The summed E-state index contributed by atoms with van der Waals surface area (Å²) in [7, 11) is 0. The zero-order valence-electron chi connectivity index (χ0n) is 13.0. The number of hydrogen-bond donors (Lipinski definition) is 2. The van der Waals surface area contributed by atoms with E-state index in [1.54, 1.807) is 0 Å². The first-order valence-electron chi connectivity index (χ1n) is 7.32. The van der Waals surface area contributed by atoms with E-state index in [4.69, 9.17) is 0 Å². The smallest absolute Gasteiger partial charge is 0.108 e. The van der Waals surface area contributed by atoms with Crippen LogP contribution in [0, 0.1) is 0 Å². The van der Waals surface area contributed by atoms with Crippen molar-refractivity contribution in [2.75, 3.05) is 6.61 Å². The molecule has 4 heteroatoms. The molecule has 0 fully saturated rings. The Morgan fingerprint density at radius 3 is 2.63 bits per heavy atom. The van der Waals surface area contributed by atoms with Gasteiger partial charge in [-0.3, -0.25) is 0 Å². The second-order valence-corrected chi connectivity index (χ2v) is 6.07. The maximum atomic E-state index is 9.67. The molecule has 2 unspecified atom stereocenters. The fourth-order valence-corrected chi connectivity index (χ4v) is 2.78. The highest BCUT2D eigenvalue weighted by atomic mass is 16.3. The molecule has 0 radical (unpaired) electrons. The molecule has 0 aliphatic rings. The van der Waals surface area contributed by atoms with Crippen LogP contribution in [0.3, 0.4) is 0 Å². The predicted octanol–water partition coefficient (Wildman–Crippen LogP) is 2.54. The van der Waals surface area contributed by atoms with E-state index in [0.717, 1.165) is 25.1 Å². The first-order chi connectivity index (χ1) is 8.91. The molecule has 0 aromatic carbocycles. The van der Waals surface area contributed by atoms with Crippen LogP contribution < -0.4 is 5.32 Å². The number of aliphatic hydroxyl groups is 1. The average molecular weight is 267 g/mol. The lowest BCUT2D eigenvalue weighted by Crippen LogP contribution is -2.50. The van der Waals surface area contributed by atoms with Crippen LogP contribution in [0.4, 0.5) is 0 Å². The topological polar surface area (TPSA) is 50.1 Å². The Balaban J connectivity index is 2.76. The molecule has 1 rings (SSSR count). The van der Waals surface area contributed by atoms with Gasteiger partial charge in [0, 0.05) is 36.4 Å². The number of rotatable bonds is 8. The van der Waals surface area contributed by atoms with Crippen molar-refractivity contribution in [3.63, 3.8) is 0 Å². The molecule has 2 N–H and O–H groups in total. The summed E-state index contributed by atoms with van der Waals surface area (Å²) in [5.74, 6) is 1.14. The zero-order chi connectivity index (χ0) is 14.5. The van der Waals surface area contributed by atoms with Gasteiger partial charge in [-0.15, -0.1) is 0 Å². The van der Waals surface area contributed by atoms with Gasteiger partial charge >= 0.3 is 0 Å². The van der Waals surface area contributed by atoms with Gasteiger partial charge in [0.2, 0.25) is 0 Å². The number of nitrogens with one attached hydrogen (secondary N) is 1. The monoisotopic (exact) mass is 267 g/mol. The summed E-state index contributed by atoms with van der Waals surface area (Å²) in [6.07, 6.45) is 6.90. The van der Waals surface area contributed by atoms with Crippen molar-refractivity contribution in [1.82, 2.24) is 14.9 Å². The van der Waals surface area contributed by atoms with Gasteiger partial charge in [0.25, 0.3) is 0 Å². The predicted molar refractivity (Wildman–Crippen MR) is 79.3 cm³/mol. The molecule has 1 heterocycles. The van der Waals surface area contributed by atoms with Crippen molar-refractivity contribution >= 4 is 0 Å². The van der Waals surface area contributed by atoms with Crippen LogP contribution in [0.2, 0.25) is 0 Å². The summed E-state index contributed by atoms with van der Waals surface area (Å²) in [5, 5.41) is 13.1. The van der Waals surface area contributed by atoms with Gasteiger partial charge in [-0.25, -0.2) is 4.98 Å². The zero-order valence-corrected chi connectivity index (χ0v) is 13.0. The molecule has 0 aliphatic carbocycles. The number of aliphatic hydroxyl groups excluding tert-OH is 1. The minimum Gasteiger partial charge on any atom is -0.394 e. The van der Waals surface area contributed by atoms with Crippen LogP contribution >= 0.6 is 0 Å². The van der Waals surface area contributed by atoms with Crippen LogP contribution in [0.25, 0.3) is 0 Å². The Labute approximate surface area is 117 Å². The SMILES string of the molecule is CCCc1nccn1C(C)CC(C)(CO)NC(C)C. The highest BCUT2D eigenvalue weighted by Crippen LogP contribution is 2.23. The van der Waals surface area contributed by atoms with Crippen LogP contribution in [0.15, 0.2) is 12.4 Å². The van der Waals surface area contributed by atoms with Gasteiger partial charge in [0.05, 0.1) is 6.61 Å². The molecule has 2 atom stereocenters. The summed E-state index contributed by atoms with van der Waals surface area (Å²) in [6.45, 7) is 10.8. The second-order valence-electron chi connectivity index (χ2n) is 6.07. The third kappa shape index (κ3) is 4.62. The number of hydrogen-bond acceptors (Lipinski definition) is 3. The third-order valence-electron chi connectivity index (χ3n) is 3.43.